The van der Waals surface area contributed by atoms with Crippen molar-refractivity contribution in [2.75, 3.05) is 20.3 Å². The molecule has 92 valence electrons. The van der Waals surface area contributed by atoms with Crippen molar-refractivity contribution in [2.45, 2.75) is 33.2 Å². The quantitative estimate of drug-likeness (QED) is 0.724. The van der Waals surface area contributed by atoms with Crippen molar-refractivity contribution in [3.05, 3.63) is 17.8 Å². The van der Waals surface area contributed by atoms with Crippen LogP contribution >= 0.6 is 0 Å². The number of aromatic nitrogens is 1. The number of methoxy groups -OCH3 is 1. The van der Waals surface area contributed by atoms with Crippen molar-refractivity contribution < 1.29 is 9.15 Å². The fourth-order valence-electron chi connectivity index (χ4n) is 1.47. The van der Waals surface area contributed by atoms with E-state index in [0.717, 1.165) is 24.5 Å². The Balaban J connectivity index is 2.50. The van der Waals surface area contributed by atoms with E-state index in [1.807, 2.05) is 0 Å². The third-order valence-electron chi connectivity index (χ3n) is 2.86. The number of hydrogen-bond acceptors (Lipinski definition) is 4. The predicted molar refractivity (Wildman–Crippen MR) is 63.3 cm³/mol. The van der Waals surface area contributed by atoms with Gasteiger partial charge in [-0.3, -0.25) is 0 Å². The zero-order valence-electron chi connectivity index (χ0n) is 10.6. The molecule has 0 aliphatic rings. The van der Waals surface area contributed by atoms with E-state index in [9.17, 15) is 0 Å². The SMILES string of the molecule is COCCNCc1ncoc1C(C)C(C)C. The van der Waals surface area contributed by atoms with E-state index in [1.54, 1.807) is 7.11 Å². The second-order valence-electron chi connectivity index (χ2n) is 4.37. The summed E-state index contributed by atoms with van der Waals surface area (Å²) in [4.78, 5) is 4.25. The summed E-state index contributed by atoms with van der Waals surface area (Å²) in [7, 11) is 1.70. The van der Waals surface area contributed by atoms with Crippen molar-refractivity contribution in [2.24, 2.45) is 5.92 Å². The van der Waals surface area contributed by atoms with Gasteiger partial charge >= 0.3 is 0 Å². The summed E-state index contributed by atoms with van der Waals surface area (Å²) in [6, 6.07) is 0. The van der Waals surface area contributed by atoms with Crippen LogP contribution in [0.25, 0.3) is 0 Å². The minimum atomic E-state index is 0.404. The highest BCUT2D eigenvalue weighted by molar-refractivity contribution is 5.12. The Kier molecular flexibility index (Phi) is 5.49. The first-order valence-electron chi connectivity index (χ1n) is 5.78. The summed E-state index contributed by atoms with van der Waals surface area (Å²) in [5.41, 5.74) is 1.01. The van der Waals surface area contributed by atoms with E-state index in [-0.39, 0.29) is 0 Å². The van der Waals surface area contributed by atoms with Crippen LogP contribution < -0.4 is 5.32 Å². The number of hydrogen-bond donors (Lipinski definition) is 1. The minimum absolute atomic E-state index is 0.404. The number of rotatable bonds is 7. The van der Waals surface area contributed by atoms with Gasteiger partial charge in [0, 0.05) is 26.1 Å². The molecule has 0 radical (unpaired) electrons. The van der Waals surface area contributed by atoms with Crippen LogP contribution in [0.2, 0.25) is 0 Å². The van der Waals surface area contributed by atoms with Gasteiger partial charge in [0.05, 0.1) is 12.3 Å². The fourth-order valence-corrected chi connectivity index (χ4v) is 1.47. The maximum Gasteiger partial charge on any atom is 0.181 e. The molecule has 0 aliphatic heterocycles. The van der Waals surface area contributed by atoms with Gasteiger partial charge in [0.15, 0.2) is 6.39 Å². The Morgan fingerprint density at radius 3 is 2.81 bits per heavy atom. The van der Waals surface area contributed by atoms with Gasteiger partial charge in [-0.15, -0.1) is 0 Å². The summed E-state index contributed by atoms with van der Waals surface area (Å²) in [5.74, 6) is 1.97. The first-order chi connectivity index (χ1) is 7.66. The number of oxazole rings is 1. The molecular formula is C12H22N2O2. The molecule has 16 heavy (non-hydrogen) atoms. The van der Waals surface area contributed by atoms with E-state index in [0.29, 0.717) is 18.4 Å². The van der Waals surface area contributed by atoms with Crippen LogP contribution in [0, 0.1) is 5.92 Å². The molecule has 4 nitrogen and oxygen atoms in total. The summed E-state index contributed by atoms with van der Waals surface area (Å²) in [6.45, 7) is 8.84. The molecule has 4 heteroatoms. The molecule has 0 fully saturated rings. The van der Waals surface area contributed by atoms with Crippen molar-refractivity contribution in [1.82, 2.24) is 10.3 Å². The van der Waals surface area contributed by atoms with Crippen LogP contribution in [-0.4, -0.2) is 25.2 Å². The molecule has 1 aromatic heterocycles. The zero-order chi connectivity index (χ0) is 12.0. The number of nitrogens with one attached hydrogen (secondary N) is 1. The maximum atomic E-state index is 5.46. The molecule has 1 N–H and O–H groups in total. The number of ether oxygens (including phenoxy) is 1. The monoisotopic (exact) mass is 226 g/mol. The second kappa shape index (κ2) is 6.66. The lowest BCUT2D eigenvalue weighted by Crippen LogP contribution is -2.20. The molecule has 0 saturated heterocycles. The predicted octanol–water partition coefficient (Wildman–Crippen LogP) is 2.17. The molecule has 1 heterocycles. The van der Waals surface area contributed by atoms with Crippen molar-refractivity contribution in [3.8, 4) is 0 Å². The van der Waals surface area contributed by atoms with Gasteiger partial charge in [-0.1, -0.05) is 20.8 Å². The molecule has 0 spiro atoms. The third-order valence-corrected chi connectivity index (χ3v) is 2.86. The van der Waals surface area contributed by atoms with Crippen molar-refractivity contribution >= 4 is 0 Å². The molecule has 0 aromatic carbocycles. The van der Waals surface area contributed by atoms with E-state index in [4.69, 9.17) is 9.15 Å². The van der Waals surface area contributed by atoms with E-state index < -0.39 is 0 Å². The molecular weight excluding hydrogens is 204 g/mol. The topological polar surface area (TPSA) is 47.3 Å². The third kappa shape index (κ3) is 3.61. The van der Waals surface area contributed by atoms with Gasteiger partial charge in [-0.25, -0.2) is 4.98 Å². The normalized spacial score (nSPS) is 13.3. The van der Waals surface area contributed by atoms with Gasteiger partial charge in [-0.2, -0.15) is 0 Å². The minimum Gasteiger partial charge on any atom is -0.448 e. The van der Waals surface area contributed by atoms with Crippen LogP contribution in [0.5, 0.6) is 0 Å². The van der Waals surface area contributed by atoms with Crippen LogP contribution in [0.4, 0.5) is 0 Å². The van der Waals surface area contributed by atoms with Crippen LogP contribution in [0.1, 0.15) is 38.1 Å². The van der Waals surface area contributed by atoms with Crippen LogP contribution in [-0.2, 0) is 11.3 Å². The molecule has 1 atom stereocenters. The van der Waals surface area contributed by atoms with Gasteiger partial charge in [-0.05, 0) is 5.92 Å². The summed E-state index contributed by atoms with van der Waals surface area (Å²) >= 11 is 0. The average Bonchev–Trinajstić information content (AvgIpc) is 2.71. The van der Waals surface area contributed by atoms with E-state index in [1.165, 1.54) is 6.39 Å². The molecule has 0 saturated carbocycles. The molecule has 0 aliphatic carbocycles. The van der Waals surface area contributed by atoms with E-state index in [2.05, 4.69) is 31.1 Å². The van der Waals surface area contributed by atoms with Gasteiger partial charge in [0.2, 0.25) is 0 Å². The molecule has 0 amide bonds. The highest BCUT2D eigenvalue weighted by Gasteiger charge is 2.18. The molecule has 1 rings (SSSR count). The van der Waals surface area contributed by atoms with E-state index >= 15 is 0 Å². The lowest BCUT2D eigenvalue weighted by Gasteiger charge is -2.13. The van der Waals surface area contributed by atoms with Gasteiger partial charge in [0.1, 0.15) is 5.76 Å². The smallest absolute Gasteiger partial charge is 0.181 e. The largest absolute Gasteiger partial charge is 0.448 e. The maximum absolute atomic E-state index is 5.46. The Morgan fingerprint density at radius 1 is 1.44 bits per heavy atom. The Labute approximate surface area is 97.4 Å². The summed E-state index contributed by atoms with van der Waals surface area (Å²) in [5, 5.41) is 3.28. The van der Waals surface area contributed by atoms with Crippen molar-refractivity contribution in [1.29, 1.82) is 0 Å². The highest BCUT2D eigenvalue weighted by Crippen LogP contribution is 2.25. The average molecular weight is 226 g/mol. The van der Waals surface area contributed by atoms with Crippen LogP contribution in [0.3, 0.4) is 0 Å². The standard InChI is InChI=1S/C12H22N2O2/c1-9(2)10(3)12-11(14-8-16-12)7-13-5-6-15-4/h8-10,13H,5-7H2,1-4H3. The number of nitrogens with zero attached hydrogens (tertiary/aromatic N) is 1. The zero-order valence-corrected chi connectivity index (χ0v) is 10.6. The molecule has 0 bridgehead atoms. The summed E-state index contributed by atoms with van der Waals surface area (Å²) < 4.78 is 10.4. The Morgan fingerprint density at radius 2 is 2.19 bits per heavy atom. The molecule has 1 unspecified atom stereocenters. The van der Waals surface area contributed by atoms with Crippen molar-refractivity contribution in [3.63, 3.8) is 0 Å². The van der Waals surface area contributed by atoms with Gasteiger partial charge < -0.3 is 14.5 Å². The second-order valence-corrected chi connectivity index (χ2v) is 4.37. The highest BCUT2D eigenvalue weighted by atomic mass is 16.5. The first-order valence-corrected chi connectivity index (χ1v) is 5.78. The Bertz CT molecular complexity index is 297. The summed E-state index contributed by atoms with van der Waals surface area (Å²) in [6.07, 6.45) is 1.53. The lowest BCUT2D eigenvalue weighted by molar-refractivity contribution is 0.199. The fraction of sp³-hybridized carbons (Fsp3) is 0.750. The molecule has 1 aromatic rings. The Hall–Kier alpha value is -0.870. The lowest BCUT2D eigenvalue weighted by atomic mass is 9.94. The van der Waals surface area contributed by atoms with Crippen LogP contribution in [0.15, 0.2) is 10.8 Å². The van der Waals surface area contributed by atoms with Gasteiger partial charge in [0.25, 0.3) is 0 Å². The first kappa shape index (κ1) is 13.2.